The number of hydrogen-bond acceptors (Lipinski definition) is 5. The fourth-order valence-corrected chi connectivity index (χ4v) is 2.85. The summed E-state index contributed by atoms with van der Waals surface area (Å²) in [6, 6.07) is 0. The molecule has 6 nitrogen and oxygen atoms in total. The van der Waals surface area contributed by atoms with Crippen LogP contribution in [0.15, 0.2) is 10.4 Å². The topological polar surface area (TPSA) is 67.8 Å². The fraction of sp³-hybridized carbons (Fsp3) is 0.778. The molecule has 0 bridgehead atoms. The van der Waals surface area contributed by atoms with E-state index >= 15 is 0 Å². The van der Waals surface area contributed by atoms with Crippen molar-refractivity contribution in [3.05, 3.63) is 16.1 Å². The smallest absolute Gasteiger partial charge is 0.191 e. The van der Waals surface area contributed by atoms with E-state index in [4.69, 9.17) is 9.47 Å². The molecule has 2 N–H and O–H groups in total. The number of nitrogens with zero attached hydrogens (tertiary/aromatic N) is 2. The highest BCUT2D eigenvalue weighted by Gasteiger charge is 2.01. The Labute approximate surface area is 179 Å². The first-order valence-electron chi connectivity index (χ1n) is 9.41. The maximum atomic E-state index is 5.54. The number of nitrogens with one attached hydrogen (secondary N) is 2. The highest BCUT2D eigenvalue weighted by Crippen LogP contribution is 2.10. The van der Waals surface area contributed by atoms with Gasteiger partial charge in [0.1, 0.15) is 0 Å². The van der Waals surface area contributed by atoms with E-state index in [1.807, 2.05) is 0 Å². The Balaban J connectivity index is 0.00000625. The lowest BCUT2D eigenvalue weighted by Gasteiger charge is -2.11. The Kier molecular flexibility index (Phi) is 17.6. The number of rotatable bonds is 14. The normalized spacial score (nSPS) is 11.3. The SMILES string of the molecule is CCCCOCCOCCN=C(NCC)NCCc1csc(CC)n1.I. The zero-order valence-electron chi connectivity index (χ0n) is 16.4. The molecule has 1 aromatic heterocycles. The molecular formula is C18H35IN4O2S. The molecule has 26 heavy (non-hydrogen) atoms. The van der Waals surface area contributed by atoms with Gasteiger partial charge >= 0.3 is 0 Å². The van der Waals surface area contributed by atoms with Crippen LogP contribution in [0, 0.1) is 0 Å². The van der Waals surface area contributed by atoms with Crippen molar-refractivity contribution in [2.24, 2.45) is 4.99 Å². The van der Waals surface area contributed by atoms with Crippen molar-refractivity contribution in [3.63, 3.8) is 0 Å². The average molecular weight is 498 g/mol. The molecule has 1 rings (SSSR count). The van der Waals surface area contributed by atoms with E-state index in [1.165, 1.54) is 5.01 Å². The van der Waals surface area contributed by atoms with Gasteiger partial charge in [0.15, 0.2) is 5.96 Å². The monoisotopic (exact) mass is 498 g/mol. The summed E-state index contributed by atoms with van der Waals surface area (Å²) in [4.78, 5) is 9.10. The Bertz CT molecular complexity index is 472. The fourth-order valence-electron chi connectivity index (χ4n) is 2.07. The first-order chi connectivity index (χ1) is 12.3. The Morgan fingerprint density at radius 2 is 1.88 bits per heavy atom. The summed E-state index contributed by atoms with van der Waals surface area (Å²) < 4.78 is 11.0. The zero-order chi connectivity index (χ0) is 18.2. The van der Waals surface area contributed by atoms with Crippen LogP contribution in [0.3, 0.4) is 0 Å². The number of thiazole rings is 1. The maximum absolute atomic E-state index is 5.54. The van der Waals surface area contributed by atoms with Crippen LogP contribution in [0.25, 0.3) is 0 Å². The molecule has 0 saturated heterocycles. The van der Waals surface area contributed by atoms with Gasteiger partial charge in [0.05, 0.1) is 37.1 Å². The number of hydrogen-bond donors (Lipinski definition) is 2. The molecule has 0 radical (unpaired) electrons. The molecule has 152 valence electrons. The van der Waals surface area contributed by atoms with Gasteiger partial charge in [-0.1, -0.05) is 20.3 Å². The van der Waals surface area contributed by atoms with Gasteiger partial charge in [-0.15, -0.1) is 35.3 Å². The number of guanidine groups is 1. The van der Waals surface area contributed by atoms with Crippen molar-refractivity contribution >= 4 is 41.3 Å². The molecule has 0 atom stereocenters. The largest absolute Gasteiger partial charge is 0.379 e. The number of unbranched alkanes of at least 4 members (excludes halogenated alkanes) is 1. The van der Waals surface area contributed by atoms with Crippen LogP contribution in [0.2, 0.25) is 0 Å². The van der Waals surface area contributed by atoms with Gasteiger partial charge in [-0.2, -0.15) is 0 Å². The van der Waals surface area contributed by atoms with Gasteiger partial charge in [-0.25, -0.2) is 4.98 Å². The second-order valence-corrected chi connectivity index (χ2v) is 6.54. The summed E-state index contributed by atoms with van der Waals surface area (Å²) in [6.07, 6.45) is 4.19. The Morgan fingerprint density at radius 1 is 1.12 bits per heavy atom. The second-order valence-electron chi connectivity index (χ2n) is 5.60. The van der Waals surface area contributed by atoms with Crippen LogP contribution in [-0.4, -0.2) is 57.0 Å². The zero-order valence-corrected chi connectivity index (χ0v) is 19.5. The van der Waals surface area contributed by atoms with Crippen molar-refractivity contribution in [2.45, 2.75) is 46.5 Å². The van der Waals surface area contributed by atoms with E-state index in [2.05, 4.69) is 46.8 Å². The molecule has 0 aromatic carbocycles. The highest BCUT2D eigenvalue weighted by atomic mass is 127. The molecule has 0 fully saturated rings. The minimum absolute atomic E-state index is 0. The summed E-state index contributed by atoms with van der Waals surface area (Å²) in [6.45, 7) is 11.4. The van der Waals surface area contributed by atoms with E-state index in [-0.39, 0.29) is 24.0 Å². The van der Waals surface area contributed by atoms with Crippen LogP contribution >= 0.6 is 35.3 Å². The van der Waals surface area contributed by atoms with Gasteiger partial charge < -0.3 is 20.1 Å². The standard InChI is InChI=1S/C18H34N4O2S.HI/c1-4-7-11-23-13-14-24-12-10-21-18(19-6-3)20-9-8-16-15-25-17(5-2)22-16;/h15H,4-14H2,1-3H3,(H2,19,20,21);1H. The minimum Gasteiger partial charge on any atom is -0.379 e. The van der Waals surface area contributed by atoms with Crippen LogP contribution in [-0.2, 0) is 22.3 Å². The van der Waals surface area contributed by atoms with E-state index in [0.29, 0.717) is 26.4 Å². The lowest BCUT2D eigenvalue weighted by Crippen LogP contribution is -2.38. The third-order valence-electron chi connectivity index (χ3n) is 3.44. The molecule has 0 saturated carbocycles. The molecule has 0 aliphatic carbocycles. The number of aryl methyl sites for hydroxylation is 1. The summed E-state index contributed by atoms with van der Waals surface area (Å²) in [5, 5.41) is 9.94. The maximum Gasteiger partial charge on any atom is 0.191 e. The van der Waals surface area contributed by atoms with Crippen molar-refractivity contribution in [3.8, 4) is 0 Å². The summed E-state index contributed by atoms with van der Waals surface area (Å²) in [5.41, 5.74) is 1.15. The van der Waals surface area contributed by atoms with E-state index in [1.54, 1.807) is 11.3 Å². The lowest BCUT2D eigenvalue weighted by atomic mass is 10.3. The second kappa shape index (κ2) is 17.9. The molecule has 0 amide bonds. The molecule has 0 aliphatic rings. The van der Waals surface area contributed by atoms with E-state index in [9.17, 15) is 0 Å². The van der Waals surface area contributed by atoms with Crippen molar-refractivity contribution < 1.29 is 9.47 Å². The van der Waals surface area contributed by atoms with Crippen LogP contribution in [0.1, 0.15) is 44.3 Å². The Hall–Kier alpha value is -0.450. The van der Waals surface area contributed by atoms with Crippen molar-refractivity contribution in [1.29, 1.82) is 0 Å². The lowest BCUT2D eigenvalue weighted by molar-refractivity contribution is 0.0497. The molecule has 0 aliphatic heterocycles. The Morgan fingerprint density at radius 3 is 2.54 bits per heavy atom. The molecule has 1 heterocycles. The number of halogens is 1. The summed E-state index contributed by atoms with van der Waals surface area (Å²) in [7, 11) is 0. The van der Waals surface area contributed by atoms with Crippen LogP contribution in [0.5, 0.6) is 0 Å². The predicted octanol–water partition coefficient (Wildman–Crippen LogP) is 3.25. The van der Waals surface area contributed by atoms with Crippen molar-refractivity contribution in [1.82, 2.24) is 15.6 Å². The predicted molar refractivity (Wildman–Crippen MR) is 121 cm³/mol. The summed E-state index contributed by atoms with van der Waals surface area (Å²) in [5.74, 6) is 0.830. The summed E-state index contributed by atoms with van der Waals surface area (Å²) >= 11 is 1.73. The quantitative estimate of drug-likeness (QED) is 0.178. The number of ether oxygens (including phenoxy) is 2. The van der Waals surface area contributed by atoms with E-state index < -0.39 is 0 Å². The van der Waals surface area contributed by atoms with Gasteiger partial charge in [0, 0.05) is 31.5 Å². The molecular weight excluding hydrogens is 463 g/mol. The van der Waals surface area contributed by atoms with Crippen molar-refractivity contribution in [2.75, 3.05) is 46.1 Å². The molecule has 0 unspecified atom stereocenters. The van der Waals surface area contributed by atoms with Gasteiger partial charge in [0.25, 0.3) is 0 Å². The number of aromatic nitrogens is 1. The van der Waals surface area contributed by atoms with E-state index in [0.717, 1.165) is 57.0 Å². The molecule has 1 aromatic rings. The van der Waals surface area contributed by atoms with Gasteiger partial charge in [0.2, 0.25) is 0 Å². The van der Waals surface area contributed by atoms with Crippen LogP contribution < -0.4 is 10.6 Å². The highest BCUT2D eigenvalue weighted by molar-refractivity contribution is 14.0. The number of aliphatic imine (C=N–C) groups is 1. The molecule has 8 heteroatoms. The average Bonchev–Trinajstić information content (AvgIpc) is 3.08. The minimum atomic E-state index is 0. The van der Waals surface area contributed by atoms with Gasteiger partial charge in [-0.3, -0.25) is 4.99 Å². The third-order valence-corrected chi connectivity index (χ3v) is 4.48. The first-order valence-corrected chi connectivity index (χ1v) is 10.3. The molecule has 0 spiro atoms. The third kappa shape index (κ3) is 12.8. The first kappa shape index (κ1) is 25.6. The van der Waals surface area contributed by atoms with Crippen LogP contribution in [0.4, 0.5) is 0 Å². The van der Waals surface area contributed by atoms with Gasteiger partial charge in [-0.05, 0) is 19.8 Å².